The van der Waals surface area contributed by atoms with Gasteiger partial charge in [0.1, 0.15) is 5.69 Å². The van der Waals surface area contributed by atoms with Crippen LogP contribution in [0.5, 0.6) is 0 Å². The van der Waals surface area contributed by atoms with Crippen LogP contribution in [0, 0.1) is 0 Å². The highest BCUT2D eigenvalue weighted by molar-refractivity contribution is 7.92. The van der Waals surface area contributed by atoms with E-state index < -0.39 is 10.0 Å². The average Bonchev–Trinajstić information content (AvgIpc) is 3.23. The van der Waals surface area contributed by atoms with Crippen molar-refractivity contribution in [1.82, 2.24) is 15.5 Å². The molecular weight excluding hydrogens is 328 g/mol. The second-order valence-electron chi connectivity index (χ2n) is 6.14. The molecule has 3 N–H and O–H groups in total. The minimum atomic E-state index is -3.39. The Morgan fingerprint density at radius 3 is 2.71 bits per heavy atom. The van der Waals surface area contributed by atoms with Crippen molar-refractivity contribution in [3.63, 3.8) is 0 Å². The lowest BCUT2D eigenvalue weighted by Crippen LogP contribution is -2.27. The van der Waals surface area contributed by atoms with Gasteiger partial charge in [-0.2, -0.15) is 5.10 Å². The lowest BCUT2D eigenvalue weighted by atomic mass is 10.1. The Labute approximate surface area is 140 Å². The number of aromatic amines is 1. The Morgan fingerprint density at radius 2 is 2.04 bits per heavy atom. The molecule has 1 aromatic carbocycles. The van der Waals surface area contributed by atoms with Gasteiger partial charge in [-0.05, 0) is 37.5 Å². The first-order valence-electron chi connectivity index (χ1n) is 7.76. The Morgan fingerprint density at radius 1 is 1.33 bits per heavy atom. The molecule has 0 aliphatic heterocycles. The average molecular weight is 348 g/mol. The van der Waals surface area contributed by atoms with Gasteiger partial charge < -0.3 is 5.32 Å². The number of nitrogens with one attached hydrogen (secondary N) is 3. The van der Waals surface area contributed by atoms with Crippen LogP contribution >= 0.6 is 0 Å². The largest absolute Gasteiger partial charge is 0.344 e. The molecule has 8 heteroatoms. The van der Waals surface area contributed by atoms with Crippen LogP contribution in [0.1, 0.15) is 53.5 Å². The summed E-state index contributed by atoms with van der Waals surface area (Å²) in [4.78, 5) is 12.3. The van der Waals surface area contributed by atoms with Crippen molar-refractivity contribution in [2.45, 2.75) is 31.7 Å². The molecule has 1 fully saturated rings. The fourth-order valence-corrected chi connectivity index (χ4v) is 3.16. The standard InChI is InChI=1S/C16H20N4O3S/c1-10(12-5-3-4-6-13(12)20-24(2,22)23)17-16(21)15-9-14(18-19-15)11-7-8-11/h3-6,9-11,20H,7-8H2,1-2H3,(H,17,21)(H,18,19)/t10-/m0/s1. The predicted molar refractivity (Wildman–Crippen MR) is 91.4 cm³/mol. The molecule has 1 aliphatic rings. The summed E-state index contributed by atoms with van der Waals surface area (Å²) in [6.07, 6.45) is 3.35. The summed E-state index contributed by atoms with van der Waals surface area (Å²) < 4.78 is 25.4. The zero-order valence-corrected chi connectivity index (χ0v) is 14.4. The number of sulfonamides is 1. The van der Waals surface area contributed by atoms with Crippen molar-refractivity contribution >= 4 is 21.6 Å². The van der Waals surface area contributed by atoms with E-state index in [1.165, 1.54) is 0 Å². The zero-order chi connectivity index (χ0) is 17.3. The van der Waals surface area contributed by atoms with E-state index >= 15 is 0 Å². The van der Waals surface area contributed by atoms with Crippen LogP contribution in [0.3, 0.4) is 0 Å². The van der Waals surface area contributed by atoms with Gasteiger partial charge in [-0.1, -0.05) is 18.2 Å². The van der Waals surface area contributed by atoms with E-state index in [0.29, 0.717) is 22.9 Å². The molecule has 1 saturated carbocycles. The Hall–Kier alpha value is -2.35. The summed E-state index contributed by atoms with van der Waals surface area (Å²) >= 11 is 0. The Bertz CT molecular complexity index is 856. The fraction of sp³-hybridized carbons (Fsp3) is 0.375. The topological polar surface area (TPSA) is 104 Å². The van der Waals surface area contributed by atoms with E-state index in [0.717, 1.165) is 24.8 Å². The first kappa shape index (κ1) is 16.5. The maximum atomic E-state index is 12.3. The summed E-state index contributed by atoms with van der Waals surface area (Å²) in [6.45, 7) is 1.80. The lowest BCUT2D eigenvalue weighted by molar-refractivity contribution is 0.0935. The van der Waals surface area contributed by atoms with Crippen LogP contribution in [0.15, 0.2) is 30.3 Å². The van der Waals surface area contributed by atoms with Crippen LogP contribution in [0.2, 0.25) is 0 Å². The van der Waals surface area contributed by atoms with Crippen molar-refractivity contribution in [1.29, 1.82) is 0 Å². The molecular formula is C16H20N4O3S. The number of anilines is 1. The fourth-order valence-electron chi connectivity index (χ4n) is 2.57. The van der Waals surface area contributed by atoms with Crippen LogP contribution in [0.25, 0.3) is 0 Å². The van der Waals surface area contributed by atoms with Gasteiger partial charge in [-0.15, -0.1) is 0 Å². The molecule has 2 aromatic rings. The third-order valence-electron chi connectivity index (χ3n) is 3.92. The monoisotopic (exact) mass is 348 g/mol. The Balaban J connectivity index is 1.74. The smallest absolute Gasteiger partial charge is 0.272 e. The van der Waals surface area contributed by atoms with Gasteiger partial charge >= 0.3 is 0 Å². The van der Waals surface area contributed by atoms with Crippen molar-refractivity contribution in [2.75, 3.05) is 11.0 Å². The van der Waals surface area contributed by atoms with Crippen LogP contribution in [0.4, 0.5) is 5.69 Å². The molecule has 1 heterocycles. The molecule has 1 aliphatic carbocycles. The number of para-hydroxylation sites is 1. The van der Waals surface area contributed by atoms with Crippen molar-refractivity contribution < 1.29 is 13.2 Å². The number of rotatable bonds is 6. The molecule has 0 bridgehead atoms. The number of H-pyrrole nitrogens is 1. The predicted octanol–water partition coefficient (Wildman–Crippen LogP) is 2.15. The van der Waals surface area contributed by atoms with Gasteiger partial charge in [-0.25, -0.2) is 8.42 Å². The highest BCUT2D eigenvalue weighted by Crippen LogP contribution is 2.39. The quantitative estimate of drug-likeness (QED) is 0.744. The van der Waals surface area contributed by atoms with Gasteiger partial charge in [0.05, 0.1) is 18.0 Å². The molecule has 7 nitrogen and oxygen atoms in total. The van der Waals surface area contributed by atoms with E-state index in [2.05, 4.69) is 20.2 Å². The first-order valence-corrected chi connectivity index (χ1v) is 9.65. The van der Waals surface area contributed by atoms with E-state index in [-0.39, 0.29) is 11.9 Å². The van der Waals surface area contributed by atoms with Crippen molar-refractivity contribution in [2.24, 2.45) is 0 Å². The lowest BCUT2D eigenvalue weighted by Gasteiger charge is -2.17. The second kappa shape index (κ2) is 6.27. The number of amides is 1. The summed E-state index contributed by atoms with van der Waals surface area (Å²) in [5, 5.41) is 9.81. The molecule has 128 valence electrons. The molecule has 0 radical (unpaired) electrons. The maximum absolute atomic E-state index is 12.3. The Kier molecular flexibility index (Phi) is 4.31. The molecule has 1 amide bonds. The maximum Gasteiger partial charge on any atom is 0.272 e. The molecule has 0 spiro atoms. The molecule has 3 rings (SSSR count). The van der Waals surface area contributed by atoms with Crippen LogP contribution in [-0.2, 0) is 10.0 Å². The third-order valence-corrected chi connectivity index (χ3v) is 4.51. The van der Waals surface area contributed by atoms with Crippen LogP contribution in [-0.4, -0.2) is 30.8 Å². The van der Waals surface area contributed by atoms with Gasteiger partial charge in [0.25, 0.3) is 5.91 Å². The SMILES string of the molecule is C[C@H](NC(=O)c1cc(C2CC2)[nH]n1)c1ccccc1NS(C)(=O)=O. The highest BCUT2D eigenvalue weighted by atomic mass is 32.2. The summed E-state index contributed by atoms with van der Waals surface area (Å²) in [5.41, 5.74) is 2.48. The number of nitrogens with zero attached hydrogens (tertiary/aromatic N) is 1. The number of hydrogen-bond donors (Lipinski definition) is 3. The molecule has 0 saturated heterocycles. The van der Waals surface area contributed by atoms with Gasteiger partial charge in [-0.3, -0.25) is 14.6 Å². The van der Waals surface area contributed by atoms with E-state index in [1.54, 1.807) is 37.3 Å². The summed E-state index contributed by atoms with van der Waals surface area (Å²) in [7, 11) is -3.39. The molecule has 1 aromatic heterocycles. The number of carbonyl (C=O) groups is 1. The normalized spacial score (nSPS) is 15.8. The second-order valence-corrected chi connectivity index (χ2v) is 7.89. The molecule has 0 unspecified atom stereocenters. The number of hydrogen-bond acceptors (Lipinski definition) is 4. The minimum absolute atomic E-state index is 0.292. The van der Waals surface area contributed by atoms with Crippen LogP contribution < -0.4 is 10.0 Å². The number of carbonyl (C=O) groups excluding carboxylic acids is 1. The third kappa shape index (κ3) is 3.94. The summed E-state index contributed by atoms with van der Waals surface area (Å²) in [5.74, 6) is 0.205. The van der Waals surface area contributed by atoms with Crippen molar-refractivity contribution in [3.05, 3.63) is 47.3 Å². The minimum Gasteiger partial charge on any atom is -0.344 e. The van der Waals surface area contributed by atoms with E-state index in [4.69, 9.17) is 0 Å². The van der Waals surface area contributed by atoms with Gasteiger partial charge in [0.15, 0.2) is 0 Å². The van der Waals surface area contributed by atoms with Crippen molar-refractivity contribution in [3.8, 4) is 0 Å². The number of benzene rings is 1. The molecule has 24 heavy (non-hydrogen) atoms. The molecule has 1 atom stereocenters. The van der Waals surface area contributed by atoms with Gasteiger partial charge in [0.2, 0.25) is 10.0 Å². The first-order chi connectivity index (χ1) is 11.3. The van der Waals surface area contributed by atoms with Gasteiger partial charge in [0, 0.05) is 11.6 Å². The zero-order valence-electron chi connectivity index (χ0n) is 13.5. The number of aromatic nitrogens is 2. The van der Waals surface area contributed by atoms with E-state index in [1.807, 2.05) is 0 Å². The highest BCUT2D eigenvalue weighted by Gasteiger charge is 2.27. The summed E-state index contributed by atoms with van der Waals surface area (Å²) in [6, 6.07) is 8.38. The van der Waals surface area contributed by atoms with E-state index in [9.17, 15) is 13.2 Å².